The van der Waals surface area contributed by atoms with E-state index in [0.29, 0.717) is 13.2 Å². The molecular weight excluding hydrogens is 381 g/mol. The van der Waals surface area contributed by atoms with Crippen LogP contribution in [0.2, 0.25) is 0 Å². The van der Waals surface area contributed by atoms with E-state index in [0.717, 1.165) is 37.4 Å². The number of carbonyl (C=O) groups is 1. The Morgan fingerprint density at radius 1 is 1.36 bits per heavy atom. The summed E-state index contributed by atoms with van der Waals surface area (Å²) in [6, 6.07) is 6.15. The molecule has 2 saturated heterocycles. The van der Waals surface area contributed by atoms with Crippen LogP contribution in [-0.4, -0.2) is 61.2 Å². The maximum absolute atomic E-state index is 12.3. The molecule has 25 heavy (non-hydrogen) atoms. The van der Waals surface area contributed by atoms with Crippen molar-refractivity contribution in [3.05, 3.63) is 29.3 Å². The van der Waals surface area contributed by atoms with Crippen LogP contribution in [0.25, 0.3) is 0 Å². The molecule has 0 radical (unpaired) electrons. The van der Waals surface area contributed by atoms with Gasteiger partial charge in [-0.25, -0.2) is 0 Å². The summed E-state index contributed by atoms with van der Waals surface area (Å²) in [5, 5.41) is 6.22. The van der Waals surface area contributed by atoms with Gasteiger partial charge < -0.3 is 15.4 Å². The molecule has 0 saturated carbocycles. The van der Waals surface area contributed by atoms with E-state index in [1.165, 1.54) is 17.1 Å². The van der Waals surface area contributed by atoms with E-state index < -0.39 is 6.10 Å². The number of morpholine rings is 1. The van der Waals surface area contributed by atoms with Gasteiger partial charge in [-0.2, -0.15) is 11.8 Å². The number of nitrogens with one attached hydrogen (secondary N) is 2. The van der Waals surface area contributed by atoms with E-state index in [-0.39, 0.29) is 30.7 Å². The maximum Gasteiger partial charge on any atom is 0.254 e. The molecule has 2 N–H and O–H groups in total. The van der Waals surface area contributed by atoms with Gasteiger partial charge in [-0.3, -0.25) is 9.69 Å². The summed E-state index contributed by atoms with van der Waals surface area (Å²) < 4.78 is 5.52. The zero-order valence-electron chi connectivity index (χ0n) is 14.5. The second kappa shape index (κ2) is 11.3. The van der Waals surface area contributed by atoms with Gasteiger partial charge in [0.2, 0.25) is 0 Å². The molecule has 0 aliphatic carbocycles. The number of hydrogen-bond donors (Lipinski definition) is 2. The predicted octanol–water partition coefficient (Wildman–Crippen LogP) is 2.31. The van der Waals surface area contributed by atoms with E-state index >= 15 is 0 Å². The number of ether oxygens (including phenoxy) is 1. The normalized spacial score (nSPS) is 20.9. The summed E-state index contributed by atoms with van der Waals surface area (Å²) in [7, 11) is 0. The first-order valence-corrected chi connectivity index (χ1v) is 9.41. The van der Waals surface area contributed by atoms with Gasteiger partial charge in [0, 0.05) is 49.9 Å². The van der Waals surface area contributed by atoms with Gasteiger partial charge in [0.15, 0.2) is 0 Å². The largest absolute Gasteiger partial charge is 0.366 e. The standard InChI is InChI=1S/C17H25N3O2S.2ClH/c1-13-14(12-20-6-9-23-10-7-20)3-2-4-15(13)19-17(21)16-11-18-5-8-22-16;;/h2-4,16,18H,5-12H2,1H3,(H,19,21);2*1H. The Kier molecular flexibility index (Phi) is 10.2. The van der Waals surface area contributed by atoms with E-state index in [2.05, 4.69) is 28.5 Å². The number of thioether (sulfide) groups is 1. The number of benzene rings is 1. The molecule has 8 heteroatoms. The van der Waals surface area contributed by atoms with Crippen molar-refractivity contribution in [2.45, 2.75) is 19.6 Å². The quantitative estimate of drug-likeness (QED) is 0.801. The van der Waals surface area contributed by atoms with Crippen LogP contribution >= 0.6 is 36.6 Å². The van der Waals surface area contributed by atoms with E-state index in [9.17, 15) is 4.79 Å². The number of anilines is 1. The summed E-state index contributed by atoms with van der Waals surface area (Å²) in [6.45, 7) is 7.30. The highest BCUT2D eigenvalue weighted by molar-refractivity contribution is 7.99. The molecule has 1 amide bonds. The lowest BCUT2D eigenvalue weighted by Gasteiger charge is -2.27. The minimum atomic E-state index is -0.397. The van der Waals surface area contributed by atoms with Gasteiger partial charge in [0.1, 0.15) is 6.10 Å². The number of halogens is 2. The molecule has 1 atom stereocenters. The van der Waals surface area contributed by atoms with Gasteiger partial charge in [0.05, 0.1) is 6.61 Å². The molecule has 1 unspecified atom stereocenters. The van der Waals surface area contributed by atoms with E-state index in [1.807, 2.05) is 23.9 Å². The highest BCUT2D eigenvalue weighted by Crippen LogP contribution is 2.22. The van der Waals surface area contributed by atoms with Crippen LogP contribution < -0.4 is 10.6 Å². The van der Waals surface area contributed by atoms with E-state index in [4.69, 9.17) is 4.74 Å². The minimum absolute atomic E-state index is 0. The Morgan fingerprint density at radius 3 is 2.80 bits per heavy atom. The van der Waals surface area contributed by atoms with Crippen LogP contribution in [0, 0.1) is 6.92 Å². The monoisotopic (exact) mass is 407 g/mol. The van der Waals surface area contributed by atoms with Crippen LogP contribution in [0.3, 0.4) is 0 Å². The number of hydrogen-bond acceptors (Lipinski definition) is 5. The summed E-state index contributed by atoms with van der Waals surface area (Å²) in [6.07, 6.45) is -0.397. The fourth-order valence-electron chi connectivity index (χ4n) is 2.94. The molecule has 1 aromatic carbocycles. The summed E-state index contributed by atoms with van der Waals surface area (Å²) >= 11 is 2.02. The summed E-state index contributed by atoms with van der Waals surface area (Å²) in [5.74, 6) is 2.36. The average molecular weight is 408 g/mol. The van der Waals surface area contributed by atoms with Gasteiger partial charge >= 0.3 is 0 Å². The number of carbonyl (C=O) groups excluding carboxylic acids is 1. The van der Waals surface area contributed by atoms with Crippen LogP contribution in [-0.2, 0) is 16.1 Å². The molecular formula is C17H27Cl2N3O2S. The first-order chi connectivity index (χ1) is 11.2. The number of rotatable bonds is 4. The molecule has 2 aliphatic rings. The number of nitrogens with zero attached hydrogens (tertiary/aromatic N) is 1. The van der Waals surface area contributed by atoms with Crippen LogP contribution in [0.1, 0.15) is 11.1 Å². The van der Waals surface area contributed by atoms with Crippen molar-refractivity contribution in [1.82, 2.24) is 10.2 Å². The van der Waals surface area contributed by atoms with Crippen LogP contribution in [0.4, 0.5) is 5.69 Å². The summed E-state index contributed by atoms with van der Waals surface area (Å²) in [5.41, 5.74) is 3.34. The third-order valence-corrected chi connectivity index (χ3v) is 5.36. The minimum Gasteiger partial charge on any atom is -0.366 e. The number of amides is 1. The first-order valence-electron chi connectivity index (χ1n) is 8.26. The Morgan fingerprint density at radius 2 is 2.12 bits per heavy atom. The first kappa shape index (κ1) is 22.5. The molecule has 2 fully saturated rings. The SMILES string of the molecule is Cc1c(CN2CCSCC2)cccc1NC(=O)C1CNCCO1.Cl.Cl. The van der Waals surface area contributed by atoms with Gasteiger partial charge in [0.25, 0.3) is 5.91 Å². The van der Waals surface area contributed by atoms with Crippen molar-refractivity contribution in [3.63, 3.8) is 0 Å². The van der Waals surface area contributed by atoms with Crippen LogP contribution in [0.15, 0.2) is 18.2 Å². The lowest BCUT2D eigenvalue weighted by atomic mass is 10.1. The Labute approximate surface area is 166 Å². The highest BCUT2D eigenvalue weighted by atomic mass is 35.5. The lowest BCUT2D eigenvalue weighted by molar-refractivity contribution is -0.128. The Bertz CT molecular complexity index is 551. The van der Waals surface area contributed by atoms with Crippen molar-refractivity contribution in [3.8, 4) is 0 Å². The van der Waals surface area contributed by atoms with Crippen molar-refractivity contribution in [2.75, 3.05) is 49.6 Å². The Balaban J connectivity index is 0.00000156. The van der Waals surface area contributed by atoms with E-state index in [1.54, 1.807) is 0 Å². The van der Waals surface area contributed by atoms with Crippen molar-refractivity contribution in [1.29, 1.82) is 0 Å². The molecule has 2 aliphatic heterocycles. The topological polar surface area (TPSA) is 53.6 Å². The zero-order valence-corrected chi connectivity index (χ0v) is 16.9. The fourth-order valence-corrected chi connectivity index (χ4v) is 3.92. The molecule has 0 aromatic heterocycles. The van der Waals surface area contributed by atoms with Crippen LogP contribution in [0.5, 0.6) is 0 Å². The second-order valence-corrected chi connectivity index (χ2v) is 7.26. The van der Waals surface area contributed by atoms with Gasteiger partial charge in [-0.05, 0) is 24.1 Å². The molecule has 0 spiro atoms. The highest BCUT2D eigenvalue weighted by Gasteiger charge is 2.22. The molecule has 0 bridgehead atoms. The zero-order chi connectivity index (χ0) is 16.1. The van der Waals surface area contributed by atoms with Crippen molar-refractivity contribution in [2.24, 2.45) is 0 Å². The molecule has 2 heterocycles. The Hall–Kier alpha value is -0.500. The smallest absolute Gasteiger partial charge is 0.254 e. The predicted molar refractivity (Wildman–Crippen MR) is 110 cm³/mol. The molecule has 142 valence electrons. The van der Waals surface area contributed by atoms with Gasteiger partial charge in [-0.15, -0.1) is 24.8 Å². The fraction of sp³-hybridized carbons (Fsp3) is 0.588. The van der Waals surface area contributed by atoms with Gasteiger partial charge in [-0.1, -0.05) is 12.1 Å². The summed E-state index contributed by atoms with van der Waals surface area (Å²) in [4.78, 5) is 14.8. The third kappa shape index (κ3) is 6.31. The van der Waals surface area contributed by atoms with Crippen molar-refractivity contribution < 1.29 is 9.53 Å². The molecule has 3 rings (SSSR count). The average Bonchev–Trinajstić information content (AvgIpc) is 2.60. The lowest BCUT2D eigenvalue weighted by Crippen LogP contribution is -2.45. The maximum atomic E-state index is 12.3. The van der Waals surface area contributed by atoms with Crippen molar-refractivity contribution >= 4 is 48.2 Å². The third-order valence-electron chi connectivity index (χ3n) is 4.42. The molecule has 1 aromatic rings. The molecule has 5 nitrogen and oxygen atoms in total. The second-order valence-electron chi connectivity index (χ2n) is 6.03.